The summed E-state index contributed by atoms with van der Waals surface area (Å²) in [5, 5.41) is 0.866. The van der Waals surface area contributed by atoms with Crippen LogP contribution < -0.4 is 5.73 Å². The molecule has 0 amide bonds. The molecule has 16 heavy (non-hydrogen) atoms. The zero-order valence-electron chi connectivity index (χ0n) is 8.02. The number of nitrogens with zero attached hydrogens (tertiary/aromatic N) is 2. The quantitative estimate of drug-likeness (QED) is 0.679. The highest BCUT2D eigenvalue weighted by Gasteiger charge is 2.05. The van der Waals surface area contributed by atoms with Gasteiger partial charge in [0.1, 0.15) is 5.03 Å². The molecule has 0 spiro atoms. The first-order valence-corrected chi connectivity index (χ1v) is 6.35. The molecule has 0 saturated carbocycles. The Bertz CT molecular complexity index is 521. The molecule has 3 nitrogen and oxygen atoms in total. The predicted octanol–water partition coefficient (Wildman–Crippen LogP) is 3.63. The number of benzene rings is 1. The number of nitrogen functional groups attached to an aromatic ring is 1. The molecule has 0 aliphatic rings. The molecule has 6 heteroatoms. The molecule has 2 N–H and O–H groups in total. The summed E-state index contributed by atoms with van der Waals surface area (Å²) in [6, 6.07) is 7.87. The third-order valence-corrected chi connectivity index (χ3v) is 3.45. The fourth-order valence-electron chi connectivity index (χ4n) is 1.08. The van der Waals surface area contributed by atoms with Crippen LogP contribution >= 0.6 is 39.3 Å². The van der Waals surface area contributed by atoms with E-state index in [1.165, 1.54) is 18.0 Å². The van der Waals surface area contributed by atoms with Gasteiger partial charge < -0.3 is 5.73 Å². The fourth-order valence-corrected chi connectivity index (χ4v) is 2.67. The monoisotopic (exact) mass is 315 g/mol. The lowest BCUT2D eigenvalue weighted by molar-refractivity contribution is 1.06. The Labute approximate surface area is 111 Å². The van der Waals surface area contributed by atoms with Crippen molar-refractivity contribution in [1.82, 2.24) is 9.97 Å². The standard InChI is InChI=1S/C10H7BrClN3S/c11-6-2-1-3-7(4-6)16-9-8(13)5-14-10(12)15-9/h1-5H,13H2. The Kier molecular flexibility index (Phi) is 3.68. The van der Waals surface area contributed by atoms with E-state index in [0.717, 1.165) is 9.37 Å². The van der Waals surface area contributed by atoms with Crippen LogP contribution in [0.3, 0.4) is 0 Å². The Balaban J connectivity index is 2.30. The van der Waals surface area contributed by atoms with Crippen molar-refractivity contribution in [3.05, 3.63) is 40.2 Å². The van der Waals surface area contributed by atoms with Crippen molar-refractivity contribution in [2.45, 2.75) is 9.92 Å². The average molecular weight is 317 g/mol. The second-order valence-electron chi connectivity index (χ2n) is 2.96. The van der Waals surface area contributed by atoms with Gasteiger partial charge in [0, 0.05) is 9.37 Å². The average Bonchev–Trinajstić information content (AvgIpc) is 2.24. The van der Waals surface area contributed by atoms with Gasteiger partial charge in [-0.2, -0.15) is 0 Å². The van der Waals surface area contributed by atoms with Gasteiger partial charge in [0.05, 0.1) is 11.9 Å². The van der Waals surface area contributed by atoms with Gasteiger partial charge in [-0.3, -0.25) is 0 Å². The van der Waals surface area contributed by atoms with Crippen molar-refractivity contribution < 1.29 is 0 Å². The van der Waals surface area contributed by atoms with Crippen molar-refractivity contribution in [3.63, 3.8) is 0 Å². The molecule has 0 saturated heterocycles. The lowest BCUT2D eigenvalue weighted by Crippen LogP contribution is -1.94. The zero-order valence-corrected chi connectivity index (χ0v) is 11.2. The molecule has 2 rings (SSSR count). The summed E-state index contributed by atoms with van der Waals surface area (Å²) < 4.78 is 1.01. The van der Waals surface area contributed by atoms with E-state index < -0.39 is 0 Å². The molecule has 0 atom stereocenters. The number of nitrogens with two attached hydrogens (primary N) is 1. The van der Waals surface area contributed by atoms with Gasteiger partial charge in [0.25, 0.3) is 0 Å². The molecule has 1 aromatic carbocycles. The number of hydrogen-bond donors (Lipinski definition) is 1. The van der Waals surface area contributed by atoms with Gasteiger partial charge in [0.2, 0.25) is 5.28 Å². The van der Waals surface area contributed by atoms with Crippen LogP contribution in [0.5, 0.6) is 0 Å². The largest absolute Gasteiger partial charge is 0.395 e. The molecule has 0 aliphatic carbocycles. The normalized spacial score (nSPS) is 10.4. The highest BCUT2D eigenvalue weighted by Crippen LogP contribution is 2.31. The van der Waals surface area contributed by atoms with E-state index in [2.05, 4.69) is 25.9 Å². The number of aromatic nitrogens is 2. The Morgan fingerprint density at radius 1 is 1.38 bits per heavy atom. The van der Waals surface area contributed by atoms with Crippen LogP contribution in [-0.2, 0) is 0 Å². The molecule has 1 heterocycles. The van der Waals surface area contributed by atoms with E-state index in [-0.39, 0.29) is 5.28 Å². The fraction of sp³-hybridized carbons (Fsp3) is 0. The smallest absolute Gasteiger partial charge is 0.223 e. The van der Waals surface area contributed by atoms with Crippen molar-refractivity contribution in [2.24, 2.45) is 0 Å². The number of rotatable bonds is 2. The van der Waals surface area contributed by atoms with Crippen LogP contribution in [0.25, 0.3) is 0 Å². The third-order valence-electron chi connectivity index (χ3n) is 1.76. The number of hydrogen-bond acceptors (Lipinski definition) is 4. The maximum Gasteiger partial charge on any atom is 0.223 e. The van der Waals surface area contributed by atoms with Crippen LogP contribution in [-0.4, -0.2) is 9.97 Å². The summed E-state index contributed by atoms with van der Waals surface area (Å²) in [5.74, 6) is 0. The second-order valence-corrected chi connectivity index (χ2v) is 5.27. The highest BCUT2D eigenvalue weighted by molar-refractivity contribution is 9.10. The van der Waals surface area contributed by atoms with Crippen LogP contribution in [0, 0.1) is 0 Å². The van der Waals surface area contributed by atoms with Crippen molar-refractivity contribution in [1.29, 1.82) is 0 Å². The summed E-state index contributed by atoms with van der Waals surface area (Å²) in [6.45, 7) is 0. The van der Waals surface area contributed by atoms with Crippen molar-refractivity contribution in [2.75, 3.05) is 5.73 Å². The van der Waals surface area contributed by atoms with Gasteiger partial charge in [-0.15, -0.1) is 0 Å². The maximum atomic E-state index is 5.76. The Morgan fingerprint density at radius 2 is 2.19 bits per heavy atom. The molecule has 82 valence electrons. The van der Waals surface area contributed by atoms with Crippen molar-refractivity contribution >= 4 is 45.0 Å². The molecule has 0 bridgehead atoms. The minimum Gasteiger partial charge on any atom is -0.395 e. The predicted molar refractivity (Wildman–Crippen MR) is 69.7 cm³/mol. The molecule has 1 aromatic heterocycles. The number of halogens is 2. The van der Waals surface area contributed by atoms with E-state index >= 15 is 0 Å². The summed E-state index contributed by atoms with van der Waals surface area (Å²) >= 11 is 10.6. The van der Waals surface area contributed by atoms with Gasteiger partial charge in [-0.25, -0.2) is 9.97 Å². The van der Waals surface area contributed by atoms with Crippen LogP contribution in [0.2, 0.25) is 5.28 Å². The first-order chi connectivity index (χ1) is 7.65. The SMILES string of the molecule is Nc1cnc(Cl)nc1Sc1cccc(Br)c1. The van der Waals surface area contributed by atoms with E-state index in [4.69, 9.17) is 17.3 Å². The van der Waals surface area contributed by atoms with Crippen LogP contribution in [0.15, 0.2) is 44.9 Å². The van der Waals surface area contributed by atoms with Crippen molar-refractivity contribution in [3.8, 4) is 0 Å². The molecule has 0 fully saturated rings. The molecule has 2 aromatic rings. The van der Waals surface area contributed by atoms with Gasteiger partial charge in [0.15, 0.2) is 0 Å². The van der Waals surface area contributed by atoms with E-state index in [0.29, 0.717) is 10.7 Å². The van der Waals surface area contributed by atoms with E-state index in [1.807, 2.05) is 24.3 Å². The minimum absolute atomic E-state index is 0.201. The first-order valence-electron chi connectivity index (χ1n) is 4.36. The van der Waals surface area contributed by atoms with Gasteiger partial charge in [-0.1, -0.05) is 33.8 Å². The summed E-state index contributed by atoms with van der Waals surface area (Å²) in [4.78, 5) is 8.92. The molecule has 0 unspecified atom stereocenters. The molecule has 0 aliphatic heterocycles. The highest BCUT2D eigenvalue weighted by atomic mass is 79.9. The lowest BCUT2D eigenvalue weighted by atomic mass is 10.4. The zero-order chi connectivity index (χ0) is 11.5. The first kappa shape index (κ1) is 11.7. The molecular weight excluding hydrogens is 310 g/mol. The van der Waals surface area contributed by atoms with Crippen LogP contribution in [0.1, 0.15) is 0 Å². The molecular formula is C10H7BrClN3S. The summed E-state index contributed by atoms with van der Waals surface area (Å²) in [5.41, 5.74) is 6.28. The van der Waals surface area contributed by atoms with E-state index in [9.17, 15) is 0 Å². The van der Waals surface area contributed by atoms with Crippen LogP contribution in [0.4, 0.5) is 5.69 Å². The number of anilines is 1. The van der Waals surface area contributed by atoms with Gasteiger partial charge in [-0.05, 0) is 29.8 Å². The minimum atomic E-state index is 0.201. The summed E-state index contributed by atoms with van der Waals surface area (Å²) in [7, 11) is 0. The topological polar surface area (TPSA) is 51.8 Å². The lowest BCUT2D eigenvalue weighted by Gasteiger charge is -2.04. The third kappa shape index (κ3) is 2.87. The second kappa shape index (κ2) is 5.03. The Morgan fingerprint density at radius 3 is 2.94 bits per heavy atom. The van der Waals surface area contributed by atoms with E-state index in [1.54, 1.807) is 0 Å². The summed E-state index contributed by atoms with van der Waals surface area (Å²) in [6.07, 6.45) is 1.51. The maximum absolute atomic E-state index is 5.76. The molecule has 0 radical (unpaired) electrons. The Hall–Kier alpha value is -0.780. The van der Waals surface area contributed by atoms with Gasteiger partial charge >= 0.3 is 0 Å².